The zero-order valence-corrected chi connectivity index (χ0v) is 30.8. The standard InChI is InChI=1S/C29H25ClF3N5O3S.C9H9NO3/c1-3-34-22(28(39)40)12-17-4-6-18(7-5-17)21-14-42-25-24(21)35-15-36-27(25)41-26(29(31,32)33)20-9-8-19(30)13-23(20)38-11-10-16(2)37-38;11-8(12)6-10-9(13)7-4-2-1-3-5-7/h4-11,13-15,22,26,34H,3,12H2,1-2H3,(H,39,40);1-5H,6H2,(H,10,13)(H,11,12)/t22?,26-;/m1./s1. The summed E-state index contributed by atoms with van der Waals surface area (Å²) >= 11 is 7.31. The van der Waals surface area contributed by atoms with Gasteiger partial charge in [0.1, 0.15) is 23.6 Å². The lowest BCUT2D eigenvalue weighted by Crippen LogP contribution is -2.38. The van der Waals surface area contributed by atoms with E-state index in [2.05, 4.69) is 25.7 Å². The molecule has 0 aliphatic carbocycles. The van der Waals surface area contributed by atoms with E-state index in [0.717, 1.165) is 11.1 Å². The Kier molecular flexibility index (Phi) is 13.2. The highest BCUT2D eigenvalue weighted by Gasteiger charge is 2.45. The quantitative estimate of drug-likeness (QED) is 0.0932. The molecule has 3 heterocycles. The number of nitrogens with one attached hydrogen (secondary N) is 2. The fourth-order valence-electron chi connectivity index (χ4n) is 5.42. The van der Waals surface area contributed by atoms with Crippen LogP contribution in [0.25, 0.3) is 27.0 Å². The largest absolute Gasteiger partial charge is 0.480 e. The number of benzene rings is 3. The van der Waals surface area contributed by atoms with Crippen molar-refractivity contribution in [3.05, 3.63) is 124 Å². The van der Waals surface area contributed by atoms with E-state index >= 15 is 0 Å². The molecule has 6 rings (SSSR count). The monoisotopic (exact) mass is 794 g/mol. The average Bonchev–Trinajstić information content (AvgIpc) is 3.80. The van der Waals surface area contributed by atoms with E-state index in [1.807, 2.05) is 31.2 Å². The third-order valence-corrected chi connectivity index (χ3v) is 9.17. The molecule has 0 spiro atoms. The van der Waals surface area contributed by atoms with Gasteiger partial charge in [-0.2, -0.15) is 18.3 Å². The Morgan fingerprint density at radius 2 is 1.73 bits per heavy atom. The second-order valence-corrected chi connectivity index (χ2v) is 13.3. The number of carbonyl (C=O) groups excluding carboxylic acids is 1. The zero-order valence-electron chi connectivity index (χ0n) is 29.3. The summed E-state index contributed by atoms with van der Waals surface area (Å²) in [6.45, 7) is 3.74. The van der Waals surface area contributed by atoms with Crippen molar-refractivity contribution in [1.82, 2.24) is 30.4 Å². The lowest BCUT2D eigenvalue weighted by molar-refractivity contribution is -0.198. The van der Waals surface area contributed by atoms with Gasteiger partial charge in [-0.15, -0.1) is 11.3 Å². The van der Waals surface area contributed by atoms with E-state index in [9.17, 15) is 32.7 Å². The minimum absolute atomic E-state index is 0.134. The van der Waals surface area contributed by atoms with Gasteiger partial charge in [0.15, 0.2) is 0 Å². The number of rotatable bonds is 13. The van der Waals surface area contributed by atoms with E-state index < -0.39 is 30.3 Å². The third kappa shape index (κ3) is 10.4. The summed E-state index contributed by atoms with van der Waals surface area (Å²) < 4.78 is 50.9. The lowest BCUT2D eigenvalue weighted by atomic mass is 10.0. The van der Waals surface area contributed by atoms with Crippen LogP contribution in [0.1, 0.15) is 40.2 Å². The fraction of sp³-hybridized carbons (Fsp3) is 0.211. The van der Waals surface area contributed by atoms with Crippen molar-refractivity contribution in [2.24, 2.45) is 0 Å². The number of hydrogen-bond acceptors (Lipinski definition) is 9. The number of carboxylic acid groups (broad SMARTS) is 2. The van der Waals surface area contributed by atoms with Crippen LogP contribution in [-0.4, -0.2) is 73.1 Å². The topological polar surface area (TPSA) is 169 Å². The van der Waals surface area contributed by atoms with Gasteiger partial charge < -0.3 is 25.6 Å². The van der Waals surface area contributed by atoms with Gasteiger partial charge in [0.05, 0.1) is 16.9 Å². The number of likely N-dealkylation sites (N-methyl/N-ethyl adjacent to an activating group) is 1. The van der Waals surface area contributed by atoms with Crippen LogP contribution >= 0.6 is 22.9 Å². The number of hydrogen-bond donors (Lipinski definition) is 4. The SMILES string of the molecule is CCNC(Cc1ccc(-c2csc3c(O[C@H](c4ccc(Cl)cc4-n4ccc(C)n4)C(F)(F)F)ncnc23)cc1)C(=O)O.O=C(O)CNC(=O)c1ccccc1. The first-order valence-electron chi connectivity index (χ1n) is 16.6. The molecule has 6 aromatic rings. The smallest absolute Gasteiger partial charge is 0.429 e. The summed E-state index contributed by atoms with van der Waals surface area (Å²) in [5.74, 6) is -2.56. The summed E-state index contributed by atoms with van der Waals surface area (Å²) in [4.78, 5) is 41.2. The van der Waals surface area contributed by atoms with Crippen LogP contribution in [0.5, 0.6) is 5.88 Å². The number of carbonyl (C=O) groups is 3. The zero-order chi connectivity index (χ0) is 39.7. The molecule has 2 atom stereocenters. The minimum Gasteiger partial charge on any atom is -0.480 e. The van der Waals surface area contributed by atoms with E-state index in [-0.39, 0.29) is 34.6 Å². The van der Waals surface area contributed by atoms with E-state index in [1.165, 1.54) is 40.5 Å². The first-order chi connectivity index (χ1) is 26.2. The molecular weight excluding hydrogens is 761 g/mol. The number of fused-ring (bicyclic) bond motifs is 1. The maximum absolute atomic E-state index is 14.5. The Morgan fingerprint density at radius 1 is 1.00 bits per heavy atom. The van der Waals surface area contributed by atoms with Crippen molar-refractivity contribution < 1.29 is 42.5 Å². The molecule has 3 aromatic heterocycles. The van der Waals surface area contributed by atoms with E-state index in [4.69, 9.17) is 21.4 Å². The predicted octanol–water partition coefficient (Wildman–Crippen LogP) is 7.29. The molecule has 0 saturated heterocycles. The molecule has 0 fully saturated rings. The molecule has 0 saturated carbocycles. The van der Waals surface area contributed by atoms with Gasteiger partial charge in [-0.05, 0) is 61.3 Å². The Morgan fingerprint density at radius 3 is 2.35 bits per heavy atom. The Bertz CT molecular complexity index is 2270. The van der Waals surface area contributed by atoms with Crippen molar-refractivity contribution in [1.29, 1.82) is 0 Å². The normalized spacial score (nSPS) is 12.3. The molecule has 286 valence electrons. The molecule has 0 aliphatic rings. The van der Waals surface area contributed by atoms with E-state index in [0.29, 0.717) is 40.0 Å². The summed E-state index contributed by atoms with van der Waals surface area (Å²) in [5, 5.41) is 29.2. The number of ether oxygens (including phenoxy) is 1. The summed E-state index contributed by atoms with van der Waals surface area (Å²) in [6, 6.07) is 20.8. The molecule has 0 bridgehead atoms. The van der Waals surface area contributed by atoms with Crippen LogP contribution in [0.15, 0.2) is 96.8 Å². The second-order valence-electron chi connectivity index (χ2n) is 11.9. The summed E-state index contributed by atoms with van der Waals surface area (Å²) in [6.07, 6.45) is -4.13. The predicted molar refractivity (Wildman–Crippen MR) is 201 cm³/mol. The molecule has 12 nitrogen and oxygen atoms in total. The third-order valence-electron chi connectivity index (χ3n) is 7.98. The highest BCUT2D eigenvalue weighted by atomic mass is 35.5. The van der Waals surface area contributed by atoms with Gasteiger partial charge in [-0.25, -0.2) is 14.6 Å². The first kappa shape index (κ1) is 40.3. The van der Waals surface area contributed by atoms with Crippen LogP contribution in [0.3, 0.4) is 0 Å². The number of carboxylic acids is 2. The van der Waals surface area contributed by atoms with Crippen molar-refractivity contribution in [3.63, 3.8) is 0 Å². The van der Waals surface area contributed by atoms with Crippen molar-refractivity contribution >= 4 is 51.0 Å². The Labute approximate surface area is 321 Å². The van der Waals surface area contributed by atoms with Crippen LogP contribution in [0, 0.1) is 6.92 Å². The molecule has 0 radical (unpaired) electrons. The van der Waals surface area contributed by atoms with Crippen molar-refractivity contribution in [3.8, 4) is 22.7 Å². The number of aliphatic carboxylic acids is 2. The van der Waals surface area contributed by atoms with Gasteiger partial charge in [-0.1, -0.05) is 67.1 Å². The summed E-state index contributed by atoms with van der Waals surface area (Å²) in [5.41, 5.74) is 3.77. The maximum Gasteiger partial charge on any atom is 0.429 e. The molecule has 1 unspecified atom stereocenters. The highest BCUT2D eigenvalue weighted by molar-refractivity contribution is 7.18. The molecule has 1 amide bonds. The van der Waals surface area contributed by atoms with Crippen LogP contribution in [0.4, 0.5) is 13.2 Å². The van der Waals surface area contributed by atoms with Gasteiger partial charge in [0.25, 0.3) is 5.91 Å². The van der Waals surface area contributed by atoms with Gasteiger partial charge >= 0.3 is 18.1 Å². The van der Waals surface area contributed by atoms with Crippen LogP contribution in [0.2, 0.25) is 5.02 Å². The summed E-state index contributed by atoms with van der Waals surface area (Å²) in [7, 11) is 0. The molecule has 55 heavy (non-hydrogen) atoms. The van der Waals surface area contributed by atoms with Gasteiger partial charge in [0.2, 0.25) is 12.0 Å². The van der Waals surface area contributed by atoms with Crippen molar-refractivity contribution in [2.75, 3.05) is 13.1 Å². The van der Waals surface area contributed by atoms with Crippen LogP contribution < -0.4 is 15.4 Å². The van der Waals surface area contributed by atoms with Gasteiger partial charge in [0, 0.05) is 33.3 Å². The number of thiophene rings is 1. The Hall–Kier alpha value is -5.84. The minimum atomic E-state index is -4.79. The first-order valence-corrected chi connectivity index (χ1v) is 17.9. The number of alkyl halides is 3. The molecule has 0 aliphatic heterocycles. The molecular formula is C38H34ClF3N6O6S. The number of halogens is 4. The van der Waals surface area contributed by atoms with E-state index in [1.54, 1.807) is 54.9 Å². The number of nitrogens with zero attached hydrogens (tertiary/aromatic N) is 4. The lowest BCUT2D eigenvalue weighted by Gasteiger charge is -2.24. The van der Waals surface area contributed by atoms with Crippen molar-refractivity contribution in [2.45, 2.75) is 38.6 Å². The number of aromatic nitrogens is 4. The second kappa shape index (κ2) is 18.0. The average molecular weight is 795 g/mol. The highest BCUT2D eigenvalue weighted by Crippen LogP contribution is 2.43. The van der Waals surface area contributed by atoms with Gasteiger partial charge in [-0.3, -0.25) is 14.4 Å². The molecule has 17 heteroatoms. The number of aryl methyl sites for hydroxylation is 1. The fourth-order valence-corrected chi connectivity index (χ4v) is 6.54. The molecule has 4 N–H and O–H groups in total. The Balaban J connectivity index is 0.000000378. The molecule has 3 aromatic carbocycles. The number of amides is 1. The maximum atomic E-state index is 14.5. The van der Waals surface area contributed by atoms with Crippen LogP contribution in [-0.2, 0) is 16.0 Å².